The van der Waals surface area contributed by atoms with E-state index < -0.39 is 5.76 Å². The van der Waals surface area contributed by atoms with Crippen molar-refractivity contribution in [3.05, 3.63) is 51.3 Å². The monoisotopic (exact) mass is 305 g/mol. The minimum Gasteiger partial charge on any atom is -0.459 e. The molecule has 3 rings (SSSR count). The molecule has 3 heterocycles. The molecule has 0 aromatic carbocycles. The first-order chi connectivity index (χ1) is 10.2. The normalized spacial score (nSPS) is 10.7. The molecule has 7 nitrogen and oxygen atoms in total. The molecular formula is C13H11N3O4S. The van der Waals surface area contributed by atoms with Gasteiger partial charge in [0.2, 0.25) is 5.91 Å². The summed E-state index contributed by atoms with van der Waals surface area (Å²) in [5.41, 5.74) is 0. The first-order valence-electron chi connectivity index (χ1n) is 6.13. The summed E-state index contributed by atoms with van der Waals surface area (Å²) < 4.78 is 11.0. The molecule has 0 atom stereocenters. The summed E-state index contributed by atoms with van der Waals surface area (Å²) in [4.78, 5) is 24.4. The minimum absolute atomic E-state index is 0.0519. The lowest BCUT2D eigenvalue weighted by Gasteiger charge is -2.02. The lowest BCUT2D eigenvalue weighted by atomic mass is 10.4. The van der Waals surface area contributed by atoms with Gasteiger partial charge in [0.15, 0.2) is 5.76 Å². The van der Waals surface area contributed by atoms with Crippen molar-refractivity contribution in [2.24, 2.45) is 0 Å². The number of rotatable bonds is 5. The minimum atomic E-state index is -0.701. The van der Waals surface area contributed by atoms with E-state index in [1.54, 1.807) is 23.5 Å². The summed E-state index contributed by atoms with van der Waals surface area (Å²) in [6.07, 6.45) is 1.45. The molecule has 0 aliphatic heterocycles. The van der Waals surface area contributed by atoms with Crippen LogP contribution in [0.25, 0.3) is 11.7 Å². The highest BCUT2D eigenvalue weighted by Crippen LogP contribution is 2.14. The largest absolute Gasteiger partial charge is 0.459 e. The van der Waals surface area contributed by atoms with Gasteiger partial charge < -0.3 is 14.2 Å². The van der Waals surface area contributed by atoms with Gasteiger partial charge in [0.25, 0.3) is 5.89 Å². The molecule has 0 bridgehead atoms. The van der Waals surface area contributed by atoms with E-state index in [0.717, 1.165) is 9.56 Å². The molecule has 8 heteroatoms. The Morgan fingerprint density at radius 2 is 2.29 bits per heavy atom. The number of thiophene rings is 1. The molecule has 0 aliphatic carbocycles. The first kappa shape index (κ1) is 13.4. The van der Waals surface area contributed by atoms with Gasteiger partial charge in [-0.05, 0) is 23.6 Å². The van der Waals surface area contributed by atoms with Gasteiger partial charge in [-0.25, -0.2) is 4.79 Å². The van der Waals surface area contributed by atoms with Crippen molar-refractivity contribution < 1.29 is 13.6 Å². The average Bonchev–Trinajstić information content (AvgIpc) is 3.18. The summed E-state index contributed by atoms with van der Waals surface area (Å²) in [5, 5.41) is 8.56. The number of hydrogen-bond donors (Lipinski definition) is 1. The van der Waals surface area contributed by atoms with Gasteiger partial charge in [-0.2, -0.15) is 4.68 Å². The van der Waals surface area contributed by atoms with Gasteiger partial charge in [0, 0.05) is 4.88 Å². The fourth-order valence-corrected chi connectivity index (χ4v) is 2.34. The second kappa shape index (κ2) is 5.80. The van der Waals surface area contributed by atoms with E-state index in [9.17, 15) is 9.59 Å². The number of amides is 1. The van der Waals surface area contributed by atoms with E-state index in [2.05, 4.69) is 10.4 Å². The van der Waals surface area contributed by atoms with Crippen molar-refractivity contribution in [2.45, 2.75) is 13.1 Å². The molecule has 0 unspecified atom stereocenters. The highest BCUT2D eigenvalue weighted by Gasteiger charge is 2.14. The van der Waals surface area contributed by atoms with Crippen LogP contribution in [-0.4, -0.2) is 15.7 Å². The van der Waals surface area contributed by atoms with Gasteiger partial charge >= 0.3 is 5.76 Å². The molecule has 1 amide bonds. The molecule has 3 aromatic heterocycles. The fourth-order valence-electron chi connectivity index (χ4n) is 1.70. The van der Waals surface area contributed by atoms with E-state index in [-0.39, 0.29) is 18.3 Å². The van der Waals surface area contributed by atoms with Crippen LogP contribution in [0, 0.1) is 0 Å². The Bertz CT molecular complexity index is 771. The SMILES string of the molecule is O=C(Cn1nc(-c2ccco2)oc1=O)NCc1cccs1. The Balaban J connectivity index is 1.65. The quantitative estimate of drug-likeness (QED) is 0.771. The van der Waals surface area contributed by atoms with E-state index >= 15 is 0 Å². The number of carbonyl (C=O) groups excluding carboxylic acids is 1. The van der Waals surface area contributed by atoms with Crippen molar-refractivity contribution >= 4 is 17.2 Å². The molecule has 0 saturated heterocycles. The zero-order chi connectivity index (χ0) is 14.7. The van der Waals surface area contributed by atoms with Crippen LogP contribution in [0.4, 0.5) is 0 Å². The van der Waals surface area contributed by atoms with E-state index in [4.69, 9.17) is 8.83 Å². The van der Waals surface area contributed by atoms with Crippen molar-refractivity contribution in [3.8, 4) is 11.7 Å². The fraction of sp³-hybridized carbons (Fsp3) is 0.154. The van der Waals surface area contributed by atoms with Gasteiger partial charge in [0.05, 0.1) is 12.8 Å². The number of carbonyl (C=O) groups is 1. The zero-order valence-corrected chi connectivity index (χ0v) is 11.6. The van der Waals surface area contributed by atoms with Crippen LogP contribution < -0.4 is 11.1 Å². The van der Waals surface area contributed by atoms with Crippen molar-refractivity contribution in [1.29, 1.82) is 0 Å². The number of furan rings is 1. The molecule has 3 aromatic rings. The topological polar surface area (TPSA) is 90.3 Å². The highest BCUT2D eigenvalue weighted by atomic mass is 32.1. The molecule has 0 fully saturated rings. The van der Waals surface area contributed by atoms with Crippen LogP contribution in [0.3, 0.4) is 0 Å². The molecule has 0 spiro atoms. The third kappa shape index (κ3) is 3.11. The van der Waals surface area contributed by atoms with Crippen molar-refractivity contribution in [3.63, 3.8) is 0 Å². The zero-order valence-electron chi connectivity index (χ0n) is 10.8. The summed E-state index contributed by atoms with van der Waals surface area (Å²) >= 11 is 1.55. The Hall–Kier alpha value is -2.61. The second-order valence-corrected chi connectivity index (χ2v) is 5.20. The number of nitrogens with one attached hydrogen (secondary N) is 1. The third-order valence-electron chi connectivity index (χ3n) is 2.67. The molecule has 1 N–H and O–H groups in total. The standard InChI is InChI=1S/C13H11N3O4S/c17-11(14-7-9-3-2-6-21-9)8-16-13(18)20-12(15-16)10-4-1-5-19-10/h1-6H,7-8H2,(H,14,17). The van der Waals surface area contributed by atoms with Crippen LogP contribution in [-0.2, 0) is 17.9 Å². The summed E-state index contributed by atoms with van der Waals surface area (Å²) in [5.74, 6) is -0.627. The van der Waals surface area contributed by atoms with Crippen LogP contribution in [0.5, 0.6) is 0 Å². The number of aromatic nitrogens is 2. The predicted molar refractivity (Wildman–Crippen MR) is 74.6 cm³/mol. The molecule has 0 aliphatic rings. The molecule has 0 radical (unpaired) electrons. The lowest BCUT2D eigenvalue weighted by Crippen LogP contribution is -2.30. The van der Waals surface area contributed by atoms with E-state index in [1.807, 2.05) is 17.5 Å². The smallest absolute Gasteiger partial charge is 0.437 e. The van der Waals surface area contributed by atoms with Crippen LogP contribution in [0.1, 0.15) is 4.88 Å². The molecular weight excluding hydrogens is 294 g/mol. The molecule has 21 heavy (non-hydrogen) atoms. The average molecular weight is 305 g/mol. The highest BCUT2D eigenvalue weighted by molar-refractivity contribution is 7.09. The second-order valence-electron chi connectivity index (χ2n) is 4.16. The van der Waals surface area contributed by atoms with Gasteiger partial charge in [0.1, 0.15) is 6.54 Å². The van der Waals surface area contributed by atoms with E-state index in [0.29, 0.717) is 12.3 Å². The van der Waals surface area contributed by atoms with Crippen LogP contribution >= 0.6 is 11.3 Å². The third-order valence-corrected chi connectivity index (χ3v) is 3.55. The van der Waals surface area contributed by atoms with Crippen molar-refractivity contribution in [1.82, 2.24) is 15.1 Å². The van der Waals surface area contributed by atoms with Crippen molar-refractivity contribution in [2.75, 3.05) is 0 Å². The first-order valence-corrected chi connectivity index (χ1v) is 7.01. The maximum absolute atomic E-state index is 11.8. The Labute approximate surface area is 122 Å². The molecule has 0 saturated carbocycles. The summed E-state index contributed by atoms with van der Waals surface area (Å²) in [7, 11) is 0. The van der Waals surface area contributed by atoms with Gasteiger partial charge in [-0.1, -0.05) is 6.07 Å². The van der Waals surface area contributed by atoms with Gasteiger partial charge in [-0.3, -0.25) is 4.79 Å². The lowest BCUT2D eigenvalue weighted by molar-refractivity contribution is -0.122. The predicted octanol–water partition coefficient (Wildman–Crippen LogP) is 1.47. The van der Waals surface area contributed by atoms with Gasteiger partial charge in [-0.15, -0.1) is 16.4 Å². The van der Waals surface area contributed by atoms with Crippen LogP contribution in [0.15, 0.2) is 49.5 Å². The Morgan fingerprint density at radius 1 is 1.38 bits per heavy atom. The maximum Gasteiger partial charge on any atom is 0.437 e. The van der Waals surface area contributed by atoms with E-state index in [1.165, 1.54) is 6.26 Å². The Kier molecular flexibility index (Phi) is 3.69. The maximum atomic E-state index is 11.8. The molecule has 108 valence electrons. The summed E-state index contributed by atoms with van der Waals surface area (Å²) in [6, 6.07) is 7.10. The summed E-state index contributed by atoms with van der Waals surface area (Å²) in [6.45, 7) is 0.225. The Morgan fingerprint density at radius 3 is 3.00 bits per heavy atom. The van der Waals surface area contributed by atoms with Crippen LogP contribution in [0.2, 0.25) is 0 Å². The number of hydrogen-bond acceptors (Lipinski definition) is 6. The number of nitrogens with zero attached hydrogens (tertiary/aromatic N) is 2.